The Kier molecular flexibility index (Phi) is 8.70. The summed E-state index contributed by atoms with van der Waals surface area (Å²) in [5, 5.41) is 10.8. The summed E-state index contributed by atoms with van der Waals surface area (Å²) in [6.45, 7) is 9.19. The maximum absolute atomic E-state index is 13.1. The molecule has 2 aromatic carbocycles. The van der Waals surface area contributed by atoms with Crippen LogP contribution in [0.2, 0.25) is 0 Å². The molecule has 0 fully saturated rings. The zero-order chi connectivity index (χ0) is 25.6. The Balaban J connectivity index is 1.70. The molecule has 2 atom stereocenters. The fourth-order valence-corrected chi connectivity index (χ4v) is 4.29. The Bertz CT molecular complexity index is 998. The summed E-state index contributed by atoms with van der Waals surface area (Å²) in [7, 11) is 1.54. The molecule has 188 valence electrons. The summed E-state index contributed by atoms with van der Waals surface area (Å²) in [6, 6.07) is 15.4. The summed E-state index contributed by atoms with van der Waals surface area (Å²) < 4.78 is 16.4. The topological polar surface area (TPSA) is 85.3 Å². The number of aliphatic hydroxyl groups is 1. The van der Waals surface area contributed by atoms with Crippen molar-refractivity contribution in [1.29, 1.82) is 0 Å². The van der Waals surface area contributed by atoms with Crippen LogP contribution in [0, 0.1) is 0 Å². The molecule has 0 saturated carbocycles. The van der Waals surface area contributed by atoms with Gasteiger partial charge in [0.2, 0.25) is 0 Å². The summed E-state index contributed by atoms with van der Waals surface area (Å²) >= 11 is 0. The second kappa shape index (κ2) is 11.5. The summed E-state index contributed by atoms with van der Waals surface area (Å²) in [6.07, 6.45) is -0.283. The van der Waals surface area contributed by atoms with E-state index in [1.807, 2.05) is 24.3 Å². The largest absolute Gasteiger partial charge is 0.461 e. The zero-order valence-electron chi connectivity index (χ0n) is 20.9. The number of nitrogens with zero attached hydrogens (tertiary/aromatic N) is 1. The van der Waals surface area contributed by atoms with Gasteiger partial charge in [0.25, 0.3) is 0 Å². The van der Waals surface area contributed by atoms with Crippen molar-refractivity contribution in [2.45, 2.75) is 57.5 Å². The quantitative estimate of drug-likeness (QED) is 0.296. The minimum Gasteiger partial charge on any atom is -0.461 e. The van der Waals surface area contributed by atoms with Crippen molar-refractivity contribution in [3.8, 4) is 11.1 Å². The van der Waals surface area contributed by atoms with Crippen LogP contribution in [0.4, 0.5) is 4.79 Å². The first-order valence-electron chi connectivity index (χ1n) is 11.8. The van der Waals surface area contributed by atoms with Gasteiger partial charge in [0.15, 0.2) is 6.29 Å². The first-order chi connectivity index (χ1) is 16.6. The first-order valence-corrected chi connectivity index (χ1v) is 11.8. The van der Waals surface area contributed by atoms with Gasteiger partial charge in [-0.2, -0.15) is 0 Å². The number of carbonyl (C=O) groups is 2. The number of hydrogen-bond donors (Lipinski definition) is 1. The lowest BCUT2D eigenvalue weighted by Gasteiger charge is -2.34. The van der Waals surface area contributed by atoms with Gasteiger partial charge in [0.1, 0.15) is 13.2 Å². The molecule has 0 heterocycles. The number of ether oxygens (including phenoxy) is 3. The maximum atomic E-state index is 13.1. The molecule has 0 radical (unpaired) electrons. The third-order valence-corrected chi connectivity index (χ3v) is 5.93. The van der Waals surface area contributed by atoms with Crippen molar-refractivity contribution in [1.82, 2.24) is 4.90 Å². The molecule has 0 bridgehead atoms. The van der Waals surface area contributed by atoms with Crippen molar-refractivity contribution >= 4 is 12.1 Å². The number of carbonyl (C=O) groups excluding carboxylic acids is 2. The molecular weight excluding hydrogens is 446 g/mol. The molecule has 7 heteroatoms. The molecule has 2 aromatic rings. The Hall–Kier alpha value is -3.16. The predicted octanol–water partition coefficient (Wildman–Crippen LogP) is 4.88. The van der Waals surface area contributed by atoms with Crippen LogP contribution in [0.25, 0.3) is 11.1 Å². The molecule has 0 aromatic heterocycles. The van der Waals surface area contributed by atoms with Crippen molar-refractivity contribution in [2.24, 2.45) is 0 Å². The van der Waals surface area contributed by atoms with Crippen molar-refractivity contribution in [3.05, 3.63) is 72.3 Å². The number of likely N-dealkylation sites (N-methyl/N-ethyl adjacent to an activating group) is 1. The second-order valence-corrected chi connectivity index (χ2v) is 9.61. The van der Waals surface area contributed by atoms with Crippen molar-refractivity contribution < 1.29 is 28.9 Å². The molecule has 1 amide bonds. The lowest BCUT2D eigenvalue weighted by molar-refractivity contribution is -0.193. The van der Waals surface area contributed by atoms with E-state index >= 15 is 0 Å². The number of hydrogen-bond acceptors (Lipinski definition) is 6. The Morgan fingerprint density at radius 1 is 1.06 bits per heavy atom. The predicted molar refractivity (Wildman–Crippen MR) is 134 cm³/mol. The van der Waals surface area contributed by atoms with Gasteiger partial charge in [0.05, 0.1) is 11.6 Å². The normalized spacial score (nSPS) is 14.4. The molecule has 1 unspecified atom stereocenters. The highest BCUT2D eigenvalue weighted by Gasteiger charge is 2.34. The van der Waals surface area contributed by atoms with Crippen LogP contribution in [0.1, 0.15) is 50.7 Å². The Labute approximate surface area is 207 Å². The first kappa shape index (κ1) is 26.4. The molecule has 0 spiro atoms. The lowest BCUT2D eigenvalue weighted by Crippen LogP contribution is -2.48. The number of benzene rings is 2. The van der Waals surface area contributed by atoms with Crippen molar-refractivity contribution in [3.63, 3.8) is 0 Å². The van der Waals surface area contributed by atoms with E-state index in [4.69, 9.17) is 14.2 Å². The monoisotopic (exact) mass is 481 g/mol. The van der Waals surface area contributed by atoms with Crippen LogP contribution in [-0.2, 0) is 19.0 Å². The number of esters is 1. The van der Waals surface area contributed by atoms with Crippen LogP contribution in [-0.4, -0.2) is 60.3 Å². The molecule has 1 aliphatic rings. The van der Waals surface area contributed by atoms with Gasteiger partial charge in [0, 0.05) is 19.4 Å². The molecule has 35 heavy (non-hydrogen) atoms. The molecule has 1 aliphatic carbocycles. The highest BCUT2D eigenvalue weighted by molar-refractivity contribution is 5.79. The number of fused-ring (bicyclic) bond motifs is 3. The average Bonchev–Trinajstić information content (AvgIpc) is 3.13. The number of amides is 1. The highest BCUT2D eigenvalue weighted by atomic mass is 16.6. The van der Waals surface area contributed by atoms with E-state index in [9.17, 15) is 14.7 Å². The van der Waals surface area contributed by atoms with Crippen LogP contribution >= 0.6 is 0 Å². The van der Waals surface area contributed by atoms with E-state index in [-0.39, 0.29) is 32.0 Å². The Morgan fingerprint density at radius 2 is 1.63 bits per heavy atom. The fraction of sp³-hybridized carbons (Fsp3) is 0.429. The minimum atomic E-state index is -1.31. The van der Waals surface area contributed by atoms with Crippen LogP contribution in [0.5, 0.6) is 0 Å². The second-order valence-electron chi connectivity index (χ2n) is 9.61. The van der Waals surface area contributed by atoms with E-state index < -0.39 is 30.0 Å². The van der Waals surface area contributed by atoms with Gasteiger partial charge in [-0.15, -0.1) is 0 Å². The number of aliphatic hydroxyl groups excluding tert-OH is 1. The van der Waals surface area contributed by atoms with Gasteiger partial charge in [-0.05, 0) is 49.4 Å². The number of rotatable bonds is 10. The molecule has 1 N–H and O–H groups in total. The Morgan fingerprint density at radius 3 is 2.17 bits per heavy atom. The van der Waals surface area contributed by atoms with Crippen LogP contribution in [0.15, 0.2) is 61.2 Å². The molecule has 7 nitrogen and oxygen atoms in total. The minimum absolute atomic E-state index is 0.00403. The maximum Gasteiger partial charge on any atom is 0.409 e. The molecule has 0 aliphatic heterocycles. The summed E-state index contributed by atoms with van der Waals surface area (Å²) in [4.78, 5) is 26.4. The summed E-state index contributed by atoms with van der Waals surface area (Å²) in [5.41, 5.74) is 3.86. The third kappa shape index (κ3) is 6.71. The SMILES string of the molecule is C=CCOC(=O)CC[C@@H](C(O)OC(C)(C)C)N(C)C(=O)OCC1c2ccccc2-c2ccccc21. The van der Waals surface area contributed by atoms with E-state index in [1.54, 1.807) is 20.8 Å². The zero-order valence-corrected chi connectivity index (χ0v) is 20.9. The van der Waals surface area contributed by atoms with E-state index in [0.29, 0.717) is 0 Å². The van der Waals surface area contributed by atoms with Gasteiger partial charge >= 0.3 is 12.1 Å². The van der Waals surface area contributed by atoms with Crippen LogP contribution < -0.4 is 0 Å². The van der Waals surface area contributed by atoms with Gasteiger partial charge in [-0.3, -0.25) is 4.79 Å². The van der Waals surface area contributed by atoms with Gasteiger partial charge in [-0.1, -0.05) is 61.2 Å². The molecule has 3 rings (SSSR count). The highest BCUT2D eigenvalue weighted by Crippen LogP contribution is 2.44. The van der Waals surface area contributed by atoms with Crippen LogP contribution in [0.3, 0.4) is 0 Å². The summed E-state index contributed by atoms with van der Waals surface area (Å²) in [5.74, 6) is -0.526. The van der Waals surface area contributed by atoms with Gasteiger partial charge < -0.3 is 24.2 Å². The van der Waals surface area contributed by atoms with E-state index in [1.165, 1.54) is 18.0 Å². The van der Waals surface area contributed by atoms with E-state index in [0.717, 1.165) is 22.3 Å². The van der Waals surface area contributed by atoms with E-state index in [2.05, 4.69) is 30.8 Å². The average molecular weight is 482 g/mol. The fourth-order valence-electron chi connectivity index (χ4n) is 4.29. The smallest absolute Gasteiger partial charge is 0.409 e. The molecule has 0 saturated heterocycles. The molecular formula is C28H35NO6. The standard InChI is InChI=1S/C28H35NO6/c1-6-17-33-25(30)16-15-24(26(31)35-28(2,3)4)29(5)27(32)34-18-23-21-13-9-7-11-19(21)20-12-8-10-14-22(20)23/h6-14,23-24,26,31H,1,15-18H2,2-5H3/t24-,26?/m0/s1. The third-order valence-electron chi connectivity index (χ3n) is 5.93. The lowest BCUT2D eigenvalue weighted by atomic mass is 9.98. The van der Waals surface area contributed by atoms with Gasteiger partial charge in [-0.25, -0.2) is 4.79 Å². The van der Waals surface area contributed by atoms with Crippen molar-refractivity contribution in [2.75, 3.05) is 20.3 Å².